The van der Waals surface area contributed by atoms with Crippen LogP contribution in [0.15, 0.2) is 11.6 Å². The molecule has 1 N–H and O–H groups in total. The minimum Gasteiger partial charge on any atom is -0.478 e. The van der Waals surface area contributed by atoms with Crippen molar-refractivity contribution in [1.29, 1.82) is 0 Å². The summed E-state index contributed by atoms with van der Waals surface area (Å²) in [5.74, 6) is -0.0453. The molecule has 0 unspecified atom stereocenters. The molecule has 11 heavy (non-hydrogen) atoms. The van der Waals surface area contributed by atoms with E-state index in [1.54, 1.807) is 11.8 Å². The van der Waals surface area contributed by atoms with E-state index in [0.717, 1.165) is 11.3 Å². The molecule has 0 saturated heterocycles. The van der Waals surface area contributed by atoms with Crippen LogP contribution in [0.1, 0.15) is 20.8 Å². The summed E-state index contributed by atoms with van der Waals surface area (Å²) in [6.07, 6.45) is 1.26. The lowest BCUT2D eigenvalue weighted by atomic mass is 10.3. The van der Waals surface area contributed by atoms with Crippen LogP contribution in [0.25, 0.3) is 0 Å². The SMILES string of the molecule is CC(=CC(=O)O)CSC(C)C. The minimum absolute atomic E-state index is 0.562. The maximum atomic E-state index is 10.2. The number of rotatable bonds is 4. The lowest BCUT2D eigenvalue weighted by Crippen LogP contribution is -1.94. The van der Waals surface area contributed by atoms with Crippen molar-refractivity contribution in [3.63, 3.8) is 0 Å². The maximum absolute atomic E-state index is 10.2. The van der Waals surface area contributed by atoms with E-state index in [2.05, 4.69) is 13.8 Å². The van der Waals surface area contributed by atoms with Gasteiger partial charge < -0.3 is 5.11 Å². The molecule has 0 aromatic carbocycles. The van der Waals surface area contributed by atoms with Crippen LogP contribution in [0.5, 0.6) is 0 Å². The number of thioether (sulfide) groups is 1. The molecule has 0 aliphatic carbocycles. The topological polar surface area (TPSA) is 37.3 Å². The molecule has 0 radical (unpaired) electrons. The number of hydrogen-bond acceptors (Lipinski definition) is 2. The molecule has 0 atom stereocenters. The first-order valence-corrected chi connectivity index (χ1v) is 4.59. The monoisotopic (exact) mass is 174 g/mol. The fourth-order valence-corrected chi connectivity index (χ4v) is 1.23. The Balaban J connectivity index is 3.68. The van der Waals surface area contributed by atoms with Crippen LogP contribution >= 0.6 is 11.8 Å². The summed E-state index contributed by atoms with van der Waals surface area (Å²) in [6.45, 7) is 6.03. The third-order valence-electron chi connectivity index (χ3n) is 1.01. The maximum Gasteiger partial charge on any atom is 0.328 e. The third-order valence-corrected chi connectivity index (χ3v) is 2.30. The fraction of sp³-hybridized carbons (Fsp3) is 0.625. The van der Waals surface area contributed by atoms with Crippen molar-refractivity contribution in [3.05, 3.63) is 11.6 Å². The van der Waals surface area contributed by atoms with Crippen molar-refractivity contribution < 1.29 is 9.90 Å². The van der Waals surface area contributed by atoms with Crippen LogP contribution in [-0.2, 0) is 4.79 Å². The standard InChI is InChI=1S/C8H14O2S/c1-6(2)11-5-7(3)4-8(9)10/h4,6H,5H2,1-3H3,(H,9,10). The van der Waals surface area contributed by atoms with Gasteiger partial charge in [0.1, 0.15) is 0 Å². The molecule has 0 saturated carbocycles. The second-order valence-electron chi connectivity index (χ2n) is 2.69. The highest BCUT2D eigenvalue weighted by Gasteiger charge is 1.97. The normalized spacial score (nSPS) is 12.2. The van der Waals surface area contributed by atoms with Gasteiger partial charge in [-0.3, -0.25) is 0 Å². The first kappa shape index (κ1) is 10.6. The molecule has 0 aromatic heterocycles. The summed E-state index contributed by atoms with van der Waals surface area (Å²) in [4.78, 5) is 10.2. The molecular weight excluding hydrogens is 160 g/mol. The van der Waals surface area contributed by atoms with Gasteiger partial charge in [-0.05, 0) is 12.2 Å². The number of hydrogen-bond donors (Lipinski definition) is 1. The number of carboxylic acids is 1. The molecule has 0 aliphatic rings. The third kappa shape index (κ3) is 7.46. The van der Waals surface area contributed by atoms with Crippen molar-refractivity contribution in [3.8, 4) is 0 Å². The molecule has 3 heteroatoms. The van der Waals surface area contributed by atoms with Gasteiger partial charge in [-0.2, -0.15) is 11.8 Å². The van der Waals surface area contributed by atoms with Crippen LogP contribution < -0.4 is 0 Å². The van der Waals surface area contributed by atoms with Crippen molar-refractivity contribution in [1.82, 2.24) is 0 Å². The molecule has 0 heterocycles. The predicted octanol–water partition coefficient (Wildman–Crippen LogP) is 2.16. The zero-order valence-corrected chi connectivity index (χ0v) is 7.94. The van der Waals surface area contributed by atoms with E-state index in [9.17, 15) is 4.79 Å². The largest absolute Gasteiger partial charge is 0.478 e. The molecule has 0 rings (SSSR count). The Morgan fingerprint density at radius 2 is 2.18 bits per heavy atom. The van der Waals surface area contributed by atoms with Crippen molar-refractivity contribution in [2.45, 2.75) is 26.0 Å². The molecule has 0 aromatic rings. The summed E-state index contributed by atoms with van der Waals surface area (Å²) in [5, 5.41) is 8.93. The summed E-state index contributed by atoms with van der Waals surface area (Å²) in [5.41, 5.74) is 0.913. The van der Waals surface area contributed by atoms with E-state index < -0.39 is 5.97 Å². The highest BCUT2D eigenvalue weighted by molar-refractivity contribution is 8.00. The van der Waals surface area contributed by atoms with Crippen molar-refractivity contribution in [2.24, 2.45) is 0 Å². The zero-order valence-electron chi connectivity index (χ0n) is 7.13. The van der Waals surface area contributed by atoms with Crippen LogP contribution in [0.2, 0.25) is 0 Å². The van der Waals surface area contributed by atoms with Gasteiger partial charge in [0.25, 0.3) is 0 Å². The Kier molecular flexibility index (Phi) is 5.03. The van der Waals surface area contributed by atoms with Crippen LogP contribution in [0, 0.1) is 0 Å². The van der Waals surface area contributed by atoms with Crippen LogP contribution in [0.4, 0.5) is 0 Å². The summed E-state index contributed by atoms with van der Waals surface area (Å²) in [6, 6.07) is 0. The molecule has 0 fully saturated rings. The molecule has 0 aliphatic heterocycles. The fourth-order valence-electron chi connectivity index (χ4n) is 0.551. The van der Waals surface area contributed by atoms with Gasteiger partial charge >= 0.3 is 5.97 Å². The van der Waals surface area contributed by atoms with Crippen molar-refractivity contribution >= 4 is 17.7 Å². The van der Waals surface area contributed by atoms with E-state index in [0.29, 0.717) is 5.25 Å². The first-order chi connectivity index (χ1) is 5.02. The van der Waals surface area contributed by atoms with Gasteiger partial charge in [0, 0.05) is 11.8 Å². The van der Waals surface area contributed by atoms with E-state index in [1.807, 2.05) is 6.92 Å². The number of aliphatic carboxylic acids is 1. The average molecular weight is 174 g/mol. The van der Waals surface area contributed by atoms with E-state index in [1.165, 1.54) is 6.08 Å². The molecule has 0 amide bonds. The molecule has 0 bridgehead atoms. The Morgan fingerprint density at radius 3 is 2.55 bits per heavy atom. The van der Waals surface area contributed by atoms with E-state index >= 15 is 0 Å². The van der Waals surface area contributed by atoms with Gasteiger partial charge in [-0.1, -0.05) is 19.4 Å². The second-order valence-corrected chi connectivity index (χ2v) is 4.25. The Morgan fingerprint density at radius 1 is 1.64 bits per heavy atom. The minimum atomic E-state index is -0.855. The summed E-state index contributed by atoms with van der Waals surface area (Å²) >= 11 is 1.75. The average Bonchev–Trinajstić information content (AvgIpc) is 1.82. The van der Waals surface area contributed by atoms with E-state index in [4.69, 9.17) is 5.11 Å². The molecular formula is C8H14O2S. The predicted molar refractivity (Wildman–Crippen MR) is 49.0 cm³/mol. The van der Waals surface area contributed by atoms with Gasteiger partial charge in [-0.15, -0.1) is 0 Å². The van der Waals surface area contributed by atoms with Gasteiger partial charge in [-0.25, -0.2) is 4.79 Å². The van der Waals surface area contributed by atoms with Crippen LogP contribution in [0.3, 0.4) is 0 Å². The molecule has 0 spiro atoms. The Bertz CT molecular complexity index is 161. The summed E-state index contributed by atoms with van der Waals surface area (Å²) < 4.78 is 0. The first-order valence-electron chi connectivity index (χ1n) is 3.54. The lowest BCUT2D eigenvalue weighted by molar-refractivity contribution is -0.131. The second kappa shape index (κ2) is 5.24. The molecule has 2 nitrogen and oxygen atoms in total. The smallest absolute Gasteiger partial charge is 0.328 e. The van der Waals surface area contributed by atoms with Crippen LogP contribution in [-0.4, -0.2) is 22.1 Å². The Hall–Kier alpha value is -0.440. The number of carboxylic acid groups (broad SMARTS) is 1. The van der Waals surface area contributed by atoms with Gasteiger partial charge in [0.05, 0.1) is 0 Å². The summed E-state index contributed by atoms with van der Waals surface area (Å²) in [7, 11) is 0. The van der Waals surface area contributed by atoms with Gasteiger partial charge in [0.15, 0.2) is 0 Å². The Labute approximate surface area is 71.7 Å². The van der Waals surface area contributed by atoms with Crippen molar-refractivity contribution in [2.75, 3.05) is 5.75 Å². The van der Waals surface area contributed by atoms with Gasteiger partial charge in [0.2, 0.25) is 0 Å². The number of carbonyl (C=O) groups is 1. The van der Waals surface area contributed by atoms with E-state index in [-0.39, 0.29) is 0 Å². The quantitative estimate of drug-likeness (QED) is 0.664. The highest BCUT2D eigenvalue weighted by Crippen LogP contribution is 2.12. The lowest BCUT2D eigenvalue weighted by Gasteiger charge is -2.03. The zero-order chi connectivity index (χ0) is 8.85. The highest BCUT2D eigenvalue weighted by atomic mass is 32.2. The molecule has 64 valence electrons.